The number of carbonyl (C=O) groups excluding carboxylic acids is 5. The molecule has 42 heteroatoms. The van der Waals surface area contributed by atoms with Gasteiger partial charge in [0.05, 0.1) is 69.2 Å². The van der Waals surface area contributed by atoms with E-state index in [0.29, 0.717) is 135 Å². The Kier molecular flexibility index (Phi) is 27.3. The molecule has 20 rings (SSSR count). The van der Waals surface area contributed by atoms with Crippen molar-refractivity contribution < 1.29 is 77.0 Å². The summed E-state index contributed by atoms with van der Waals surface area (Å²) in [4.78, 5) is 157. The molecule has 31 nitrogen and oxygen atoms in total. The number of hydrogen-bond acceptors (Lipinski definition) is 22. The number of rotatable bonds is 5. The summed E-state index contributed by atoms with van der Waals surface area (Å²) in [5, 5.41) is 1.45. The molecule has 143 heavy (non-hydrogen) atoms. The highest BCUT2D eigenvalue weighted by atomic mass is 19.2. The summed E-state index contributed by atoms with van der Waals surface area (Å²) in [5.41, 5.74) is -0.232. The van der Waals surface area contributed by atoms with E-state index >= 15 is 4.39 Å². The molecule has 10 aliphatic heterocycles. The van der Waals surface area contributed by atoms with Gasteiger partial charge in [-0.25, -0.2) is 53.1 Å². The zero-order valence-electron chi connectivity index (χ0n) is 85.1. The fourth-order valence-corrected chi connectivity index (χ4v) is 22.3. The van der Waals surface area contributed by atoms with Crippen molar-refractivity contribution in [3.63, 3.8) is 0 Å². The molecular formula is C101H121F11N20O11. The Labute approximate surface area is 818 Å². The van der Waals surface area contributed by atoms with Crippen LogP contribution in [0.15, 0.2) is 54.3 Å². The van der Waals surface area contributed by atoms with Gasteiger partial charge in [0.1, 0.15) is 87.7 Å². The molecule has 0 N–H and O–H groups in total. The number of halogens is 11. The summed E-state index contributed by atoms with van der Waals surface area (Å²) in [6.45, 7) is 27.2. The maximum Gasteiger partial charge on any atom is 0.330 e. The first kappa shape index (κ1) is 103. The minimum atomic E-state index is -1.77. The Morgan fingerprint density at radius 2 is 0.594 bits per heavy atom. The Morgan fingerprint density at radius 1 is 0.343 bits per heavy atom. The van der Waals surface area contributed by atoms with Crippen molar-refractivity contribution in [1.29, 1.82) is 0 Å². The fourth-order valence-electron chi connectivity index (χ4n) is 22.3. The van der Waals surface area contributed by atoms with Gasteiger partial charge in [0, 0.05) is 213 Å². The Hall–Kier alpha value is -12.7. The zero-order chi connectivity index (χ0) is 105. The summed E-state index contributed by atoms with van der Waals surface area (Å²) < 4.78 is 173. The van der Waals surface area contributed by atoms with Gasteiger partial charge in [0.25, 0.3) is 51.4 Å². The lowest BCUT2D eigenvalue weighted by Crippen LogP contribution is -2.69. The second-order valence-corrected chi connectivity index (χ2v) is 39.9. The predicted octanol–water partition coefficient (Wildman–Crippen LogP) is 9.92. The van der Waals surface area contributed by atoms with E-state index in [9.17, 15) is 91.8 Å². The molecule has 5 saturated heterocycles. The number of amides is 4. The lowest BCUT2D eigenvalue weighted by atomic mass is 9.92. The molecule has 5 aromatic heterocycles. The molecule has 5 fully saturated rings. The lowest BCUT2D eigenvalue weighted by Gasteiger charge is -2.54. The average Bonchev–Trinajstić information content (AvgIpc) is 0.719. The number of pyridine rings is 5. The molecule has 12 atom stereocenters. The van der Waals surface area contributed by atoms with Gasteiger partial charge < -0.3 is 71.7 Å². The molecular weight excluding hydrogens is 1880 g/mol. The number of nitrogens with zero attached hydrogens (tertiary/aromatic N) is 20. The first-order valence-electron chi connectivity index (χ1n) is 47.8. The standard InChI is InChI=1S/C23H30F2N4O3.C20H23F3N4O2.C20H24F2N4O2.2C19H22F2N4O2/c1-7-8-28-20(23(31)32-6)16-11-26(4)12(2)10-29(16)19-14-9-15(24)13(3)17(25)18(14)27(5)22(30)21(19)28;1-9-7-26-14(8-24(9)4)19(28)27(11(3)21)18-17(26)12-6-13(22)10(2)15(23)16(12)25(5)20(18)29;1-6-25-18-17(26-8-10(2)23(4)9-14(26)19(25)27)12-7-13(21)11(3)15(22)16(12)24(5)20(18)28;2*1-9-7-25-13(8-22(9)3)18(26)24(5)17-16(25)11-6-12(20)10(2)14(21)15(11)23(4)19(17)27/h9,12,16,20H,7-8,10-11H2,1-6H3;6,9,11,14H,7-8H2,1-5H3;7,10,14H,6,8-9H2,1-5H3;2*6,9,13H,7-8H2,1-5H3. The monoisotopic (exact) mass is 2000 g/mol. The van der Waals surface area contributed by atoms with Crippen LogP contribution < -0.4 is 76.8 Å². The minimum absolute atomic E-state index is 0.0282. The number of ether oxygens (including phenoxy) is 1. The number of methoxy groups -OCH3 is 1. The van der Waals surface area contributed by atoms with Crippen LogP contribution in [0.4, 0.5) is 105 Å². The summed E-state index contributed by atoms with van der Waals surface area (Å²) in [5.74, 6) is -8.71. The van der Waals surface area contributed by atoms with Crippen LogP contribution in [0, 0.1) is 92.8 Å². The van der Waals surface area contributed by atoms with Crippen molar-refractivity contribution in [3.05, 3.63) is 168 Å². The summed E-state index contributed by atoms with van der Waals surface area (Å²) >= 11 is 0. The lowest BCUT2D eigenvalue weighted by molar-refractivity contribution is -0.143. The zero-order valence-corrected chi connectivity index (χ0v) is 85.1. The number of alkyl halides is 1. The van der Waals surface area contributed by atoms with Crippen LogP contribution in [0.3, 0.4) is 0 Å². The first-order valence-corrected chi connectivity index (χ1v) is 47.8. The number of hydrogen-bond donors (Lipinski definition) is 0. The Balaban J connectivity index is 0.000000129. The van der Waals surface area contributed by atoms with Crippen LogP contribution in [0.2, 0.25) is 0 Å². The molecule has 10 aliphatic rings. The van der Waals surface area contributed by atoms with Gasteiger partial charge >= 0.3 is 5.97 Å². The van der Waals surface area contributed by atoms with Gasteiger partial charge in [0.2, 0.25) is 0 Å². The van der Waals surface area contributed by atoms with Gasteiger partial charge in [-0.15, -0.1) is 0 Å². The van der Waals surface area contributed by atoms with Gasteiger partial charge in [-0.2, -0.15) is 0 Å². The van der Waals surface area contributed by atoms with Crippen molar-refractivity contribution in [1.82, 2.24) is 47.3 Å². The molecule has 0 bridgehead atoms. The maximum atomic E-state index is 15.2. The van der Waals surface area contributed by atoms with Crippen LogP contribution in [0.25, 0.3) is 54.5 Å². The molecule has 0 spiro atoms. The summed E-state index contributed by atoms with van der Waals surface area (Å²) in [7, 11) is 21.3. The highest BCUT2D eigenvalue weighted by Gasteiger charge is 2.54. The number of esters is 1. The topological polar surface area (TPSA) is 253 Å². The van der Waals surface area contributed by atoms with E-state index in [1.54, 1.807) is 30.8 Å². The van der Waals surface area contributed by atoms with Gasteiger partial charge in [-0.1, -0.05) is 6.92 Å². The maximum absolute atomic E-state index is 15.2. The van der Waals surface area contributed by atoms with Crippen LogP contribution in [-0.2, 0) is 63.9 Å². The third-order valence-electron chi connectivity index (χ3n) is 31.5. The number of anilines is 10. The molecule has 768 valence electrons. The van der Waals surface area contributed by atoms with Crippen LogP contribution in [0.1, 0.15) is 89.6 Å². The molecule has 0 radical (unpaired) electrons. The summed E-state index contributed by atoms with van der Waals surface area (Å²) in [6.07, 6.45) is -1.08. The summed E-state index contributed by atoms with van der Waals surface area (Å²) in [6, 6.07) is 3.60. The van der Waals surface area contributed by atoms with E-state index in [-0.39, 0.29) is 143 Å². The number of benzene rings is 5. The van der Waals surface area contributed by atoms with Crippen LogP contribution >= 0.6 is 0 Å². The van der Waals surface area contributed by atoms with Crippen molar-refractivity contribution in [2.45, 2.75) is 169 Å². The van der Waals surface area contributed by atoms with E-state index in [4.69, 9.17) is 4.74 Å². The number of aryl methyl sites for hydroxylation is 5. The van der Waals surface area contributed by atoms with Gasteiger partial charge in [-0.3, -0.25) is 72.6 Å². The Bertz CT molecular complexity index is 7230. The SMILES string of the molecule is CCCN1c2c(c3cc(F)c(C)c(F)c3n(C)c2=O)N2CC(C)N(C)CC2C1C(=O)OC.CCN1C(=O)C2CN(C)C(C)CN2c2c1c(=O)n(C)c1c(F)c(C)c(F)cc21.Cc1c(F)cc2c3c(c(=O)n(C)c2c1F)N(C(C)F)C(=O)C1CN(C)C(C)CN31.Cc1c(F)cc2c3c(c(=O)n(C)c2c1F)N(C)C(=O)C1CN(C)C(C)CN31.Cc1c(F)cc2c3c(c(=O)n(C)c2c1F)N(C)C(=O)C1CN(C)C(C)CN31. The van der Waals surface area contributed by atoms with E-state index in [2.05, 4.69) is 26.5 Å². The minimum Gasteiger partial charge on any atom is -0.467 e. The largest absolute Gasteiger partial charge is 0.467 e. The number of carbonyl (C=O) groups is 5. The number of piperazine rings is 5. The molecule has 10 aromatic rings. The highest BCUT2D eigenvalue weighted by Crippen LogP contribution is 2.51. The van der Waals surface area contributed by atoms with E-state index in [1.807, 2.05) is 94.4 Å². The number of aromatic nitrogens is 5. The fraction of sp³-hybridized carbons (Fsp3) is 0.505. The van der Waals surface area contributed by atoms with E-state index in [1.165, 1.54) is 147 Å². The second kappa shape index (κ2) is 37.8. The molecule has 0 aliphatic carbocycles. The van der Waals surface area contributed by atoms with Crippen LogP contribution in [0.5, 0.6) is 0 Å². The van der Waals surface area contributed by atoms with Crippen molar-refractivity contribution >= 4 is 141 Å². The third kappa shape index (κ3) is 16.0. The quantitative estimate of drug-likeness (QED) is 0.0882. The smallest absolute Gasteiger partial charge is 0.330 e. The van der Waals surface area contributed by atoms with Gasteiger partial charge in [0.15, 0.2) is 35.4 Å². The predicted molar refractivity (Wildman–Crippen MR) is 532 cm³/mol. The van der Waals surface area contributed by atoms with Crippen LogP contribution in [-0.4, -0.2) is 285 Å². The first-order chi connectivity index (χ1) is 67.2. The van der Waals surface area contributed by atoms with E-state index in [0.717, 1.165) is 9.47 Å². The molecule has 12 unspecified atom stereocenters. The number of fused-ring (bicyclic) bond motifs is 25. The molecule has 0 saturated carbocycles. The average molecular weight is 2000 g/mol. The van der Waals surface area contributed by atoms with Gasteiger partial charge in [-0.05, 0) is 155 Å². The van der Waals surface area contributed by atoms with Crippen molar-refractivity contribution in [3.8, 4) is 0 Å². The highest BCUT2D eigenvalue weighted by molar-refractivity contribution is 6.16. The Morgan fingerprint density at radius 3 is 0.888 bits per heavy atom. The normalized spacial score (nSPS) is 23.1. The van der Waals surface area contributed by atoms with E-state index < -0.39 is 134 Å². The third-order valence-corrected chi connectivity index (χ3v) is 31.5. The number of likely N-dealkylation sites (N-methyl/N-ethyl adjacent to an activating group) is 8. The molecule has 15 heterocycles. The molecule has 5 aromatic carbocycles. The second-order valence-electron chi connectivity index (χ2n) is 39.9. The molecule has 4 amide bonds. The van der Waals surface area contributed by atoms with Crippen molar-refractivity contribution in [2.75, 3.05) is 184 Å². The van der Waals surface area contributed by atoms with Crippen molar-refractivity contribution in [2.24, 2.45) is 35.2 Å².